The number of nitrogens with two attached hydrogens (primary N) is 1. The Kier molecular flexibility index (Phi) is 3.85. The molecule has 0 aromatic carbocycles. The van der Waals surface area contributed by atoms with Gasteiger partial charge >= 0.3 is 5.97 Å². The van der Waals surface area contributed by atoms with Crippen LogP contribution >= 0.6 is 11.3 Å². The lowest BCUT2D eigenvalue weighted by Crippen LogP contribution is -2.34. The Hall–Kier alpha value is -0.940. The zero-order chi connectivity index (χ0) is 9.68. The Morgan fingerprint density at radius 3 is 3.15 bits per heavy atom. The van der Waals surface area contributed by atoms with E-state index in [2.05, 4.69) is 4.98 Å². The highest BCUT2D eigenvalue weighted by molar-refractivity contribution is 7.07. The molecule has 0 spiro atoms. The normalized spacial score (nSPS) is 12.5. The molecule has 0 radical (unpaired) electrons. The van der Waals surface area contributed by atoms with E-state index in [9.17, 15) is 4.79 Å². The van der Waals surface area contributed by atoms with Crippen LogP contribution in [0, 0.1) is 0 Å². The number of hydrogen-bond donors (Lipinski definition) is 1. The molecule has 2 N–H and O–H groups in total. The first kappa shape index (κ1) is 10.1. The van der Waals surface area contributed by atoms with Crippen molar-refractivity contribution >= 4 is 17.3 Å². The average Bonchev–Trinajstić information content (AvgIpc) is 2.57. The molecule has 0 aliphatic rings. The van der Waals surface area contributed by atoms with E-state index < -0.39 is 6.04 Å². The quantitative estimate of drug-likeness (QED) is 0.722. The van der Waals surface area contributed by atoms with Gasteiger partial charge in [0.25, 0.3) is 0 Å². The van der Waals surface area contributed by atoms with Gasteiger partial charge in [0, 0.05) is 11.8 Å². The summed E-state index contributed by atoms with van der Waals surface area (Å²) >= 11 is 1.49. The summed E-state index contributed by atoms with van der Waals surface area (Å²) in [7, 11) is 0. The minimum absolute atomic E-state index is 0.365. The van der Waals surface area contributed by atoms with E-state index in [1.807, 2.05) is 5.38 Å². The average molecular weight is 200 g/mol. The first-order chi connectivity index (χ1) is 6.24. The largest absolute Gasteiger partial charge is 0.465 e. The van der Waals surface area contributed by atoms with E-state index in [1.165, 1.54) is 11.3 Å². The molecule has 1 aromatic heterocycles. The maximum absolute atomic E-state index is 11.1. The smallest absolute Gasteiger partial charge is 0.323 e. The predicted octanol–water partition coefficient (Wildman–Crippen LogP) is 0.576. The predicted molar refractivity (Wildman–Crippen MR) is 50.4 cm³/mol. The molecule has 4 nitrogen and oxygen atoms in total. The van der Waals surface area contributed by atoms with Crippen LogP contribution in [0.1, 0.15) is 12.6 Å². The summed E-state index contributed by atoms with van der Waals surface area (Å²) in [5.74, 6) is -0.365. The number of nitrogens with zero attached hydrogens (tertiary/aromatic N) is 1. The number of aromatic nitrogens is 1. The van der Waals surface area contributed by atoms with Crippen molar-refractivity contribution in [1.29, 1.82) is 0 Å². The van der Waals surface area contributed by atoms with Crippen LogP contribution in [0.3, 0.4) is 0 Å². The van der Waals surface area contributed by atoms with E-state index in [0.29, 0.717) is 13.0 Å². The van der Waals surface area contributed by atoms with Crippen molar-refractivity contribution < 1.29 is 9.53 Å². The second-order valence-corrected chi connectivity index (χ2v) is 3.26. The van der Waals surface area contributed by atoms with Crippen molar-refractivity contribution in [2.24, 2.45) is 5.73 Å². The van der Waals surface area contributed by atoms with Crippen molar-refractivity contribution in [2.45, 2.75) is 19.4 Å². The molecule has 1 rings (SSSR count). The van der Waals surface area contributed by atoms with E-state index in [4.69, 9.17) is 10.5 Å². The van der Waals surface area contributed by atoms with E-state index in [-0.39, 0.29) is 5.97 Å². The van der Waals surface area contributed by atoms with Gasteiger partial charge in [0.05, 0.1) is 17.8 Å². The number of esters is 1. The number of carbonyl (C=O) groups excluding carboxylic acids is 1. The highest BCUT2D eigenvalue weighted by Gasteiger charge is 2.15. The van der Waals surface area contributed by atoms with Gasteiger partial charge in [-0.25, -0.2) is 4.98 Å². The standard InChI is InChI=1S/C8H12N2O2S/c1-2-12-8(11)7(9)3-6-4-13-5-10-6/h4-5,7H,2-3,9H2,1H3/t7-/m0/s1. The molecule has 13 heavy (non-hydrogen) atoms. The topological polar surface area (TPSA) is 65.2 Å². The second kappa shape index (κ2) is 4.94. The lowest BCUT2D eigenvalue weighted by molar-refractivity contribution is -0.144. The highest BCUT2D eigenvalue weighted by atomic mass is 32.1. The van der Waals surface area contributed by atoms with Gasteiger partial charge in [0.15, 0.2) is 0 Å². The minimum Gasteiger partial charge on any atom is -0.465 e. The molecule has 0 aliphatic heterocycles. The zero-order valence-electron chi connectivity index (χ0n) is 7.40. The Balaban J connectivity index is 2.41. The van der Waals surface area contributed by atoms with Crippen LogP contribution < -0.4 is 5.73 Å². The lowest BCUT2D eigenvalue weighted by atomic mass is 10.2. The van der Waals surface area contributed by atoms with Crippen LogP contribution in [0.15, 0.2) is 10.9 Å². The van der Waals surface area contributed by atoms with Gasteiger partial charge < -0.3 is 10.5 Å². The summed E-state index contributed by atoms with van der Waals surface area (Å²) in [4.78, 5) is 15.1. The maximum atomic E-state index is 11.1. The Morgan fingerprint density at radius 2 is 2.62 bits per heavy atom. The monoisotopic (exact) mass is 200 g/mol. The third-order valence-electron chi connectivity index (χ3n) is 1.50. The van der Waals surface area contributed by atoms with Crippen LogP contribution in [-0.2, 0) is 16.0 Å². The summed E-state index contributed by atoms with van der Waals surface area (Å²) in [6.45, 7) is 2.12. The fourth-order valence-corrected chi connectivity index (χ4v) is 1.47. The highest BCUT2D eigenvalue weighted by Crippen LogP contribution is 2.04. The van der Waals surface area contributed by atoms with Crippen molar-refractivity contribution in [3.8, 4) is 0 Å². The van der Waals surface area contributed by atoms with Crippen LogP contribution in [0.25, 0.3) is 0 Å². The molecule has 0 saturated carbocycles. The zero-order valence-corrected chi connectivity index (χ0v) is 8.21. The molecular weight excluding hydrogens is 188 g/mol. The van der Waals surface area contributed by atoms with Gasteiger partial charge in [-0.05, 0) is 6.92 Å². The summed E-state index contributed by atoms with van der Waals surface area (Å²) in [5.41, 5.74) is 8.14. The molecule has 72 valence electrons. The maximum Gasteiger partial charge on any atom is 0.323 e. The lowest BCUT2D eigenvalue weighted by Gasteiger charge is -2.08. The third kappa shape index (κ3) is 3.12. The molecular formula is C8H12N2O2S. The van der Waals surface area contributed by atoms with Crippen LogP contribution in [0.4, 0.5) is 0 Å². The van der Waals surface area contributed by atoms with E-state index in [0.717, 1.165) is 5.69 Å². The fraction of sp³-hybridized carbons (Fsp3) is 0.500. The Morgan fingerprint density at radius 1 is 1.85 bits per heavy atom. The fourth-order valence-electron chi connectivity index (χ4n) is 0.896. The van der Waals surface area contributed by atoms with Crippen molar-refractivity contribution in [3.05, 3.63) is 16.6 Å². The summed E-state index contributed by atoms with van der Waals surface area (Å²) in [6, 6.07) is -0.595. The van der Waals surface area contributed by atoms with Gasteiger partial charge in [-0.2, -0.15) is 0 Å². The molecule has 1 atom stereocenters. The minimum atomic E-state index is -0.595. The Bertz CT molecular complexity index is 261. The molecule has 0 amide bonds. The molecule has 0 fully saturated rings. The van der Waals surface area contributed by atoms with Crippen molar-refractivity contribution in [3.63, 3.8) is 0 Å². The number of carbonyl (C=O) groups is 1. The van der Waals surface area contributed by atoms with Crippen molar-refractivity contribution in [1.82, 2.24) is 4.98 Å². The molecule has 0 aliphatic carbocycles. The van der Waals surface area contributed by atoms with Crippen molar-refractivity contribution in [2.75, 3.05) is 6.61 Å². The summed E-state index contributed by atoms with van der Waals surface area (Å²) < 4.78 is 4.76. The van der Waals surface area contributed by atoms with Crippen LogP contribution in [0.2, 0.25) is 0 Å². The first-order valence-electron chi connectivity index (χ1n) is 4.03. The van der Waals surface area contributed by atoms with Gasteiger partial charge in [-0.3, -0.25) is 4.79 Å². The van der Waals surface area contributed by atoms with Gasteiger partial charge in [-0.1, -0.05) is 0 Å². The summed E-state index contributed by atoms with van der Waals surface area (Å²) in [5, 5.41) is 1.87. The number of thiazole rings is 1. The van der Waals surface area contributed by atoms with Crippen LogP contribution in [-0.4, -0.2) is 23.6 Å². The molecule has 1 aromatic rings. The summed E-state index contributed by atoms with van der Waals surface area (Å²) in [6.07, 6.45) is 0.447. The van der Waals surface area contributed by atoms with Gasteiger partial charge in [0.2, 0.25) is 0 Å². The number of ether oxygens (including phenoxy) is 1. The molecule has 0 unspecified atom stereocenters. The van der Waals surface area contributed by atoms with E-state index in [1.54, 1.807) is 12.4 Å². The number of rotatable bonds is 4. The molecule has 0 saturated heterocycles. The van der Waals surface area contributed by atoms with E-state index >= 15 is 0 Å². The second-order valence-electron chi connectivity index (χ2n) is 2.54. The molecule has 5 heteroatoms. The molecule has 0 bridgehead atoms. The van der Waals surface area contributed by atoms with Gasteiger partial charge in [-0.15, -0.1) is 11.3 Å². The number of hydrogen-bond acceptors (Lipinski definition) is 5. The molecule has 1 heterocycles. The van der Waals surface area contributed by atoms with Gasteiger partial charge in [0.1, 0.15) is 6.04 Å². The SMILES string of the molecule is CCOC(=O)[C@@H](N)Cc1cscn1. The Labute approximate surface area is 80.7 Å². The van der Waals surface area contributed by atoms with Crippen LogP contribution in [0.5, 0.6) is 0 Å². The third-order valence-corrected chi connectivity index (χ3v) is 2.14. The first-order valence-corrected chi connectivity index (χ1v) is 4.97.